The molecule has 0 spiro atoms. The van der Waals surface area contributed by atoms with Gasteiger partial charge in [-0.1, -0.05) is 54.1 Å². The summed E-state index contributed by atoms with van der Waals surface area (Å²) in [5.41, 5.74) is 3.47. The zero-order valence-electron chi connectivity index (χ0n) is 11.2. The van der Waals surface area contributed by atoms with Crippen LogP contribution in [0.1, 0.15) is 19.4 Å². The predicted molar refractivity (Wildman–Crippen MR) is 79.8 cm³/mol. The molecule has 96 valence electrons. The zero-order chi connectivity index (χ0) is 13.7. The quantitative estimate of drug-likeness (QED) is 0.817. The molecule has 0 unspecified atom stereocenters. The Kier molecular flexibility index (Phi) is 4.14. The molecule has 0 atom stereocenters. The lowest BCUT2D eigenvalue weighted by Gasteiger charge is -2.11. The topological polar surface area (TPSA) is 29.1 Å². The average molecular weight is 251 g/mol. The summed E-state index contributed by atoms with van der Waals surface area (Å²) in [7, 11) is 0. The van der Waals surface area contributed by atoms with E-state index in [0.717, 1.165) is 22.4 Å². The van der Waals surface area contributed by atoms with Gasteiger partial charge in [-0.3, -0.25) is 4.79 Å². The number of allylic oxidation sites excluding steroid dienone is 1. The molecule has 2 heteroatoms. The molecule has 0 aliphatic rings. The first-order valence-corrected chi connectivity index (χ1v) is 6.28. The summed E-state index contributed by atoms with van der Waals surface area (Å²) >= 11 is 0. The number of nitrogens with one attached hydrogen (secondary N) is 1. The number of benzene rings is 2. The molecular formula is C17H17NO. The lowest BCUT2D eigenvalue weighted by atomic mass is 10.0. The Morgan fingerprint density at radius 1 is 0.842 bits per heavy atom. The van der Waals surface area contributed by atoms with Gasteiger partial charge in [-0.25, -0.2) is 0 Å². The number of rotatable bonds is 3. The van der Waals surface area contributed by atoms with Crippen LogP contribution < -0.4 is 5.32 Å². The monoisotopic (exact) mass is 251 g/mol. The van der Waals surface area contributed by atoms with Crippen molar-refractivity contribution in [2.75, 3.05) is 5.32 Å². The maximum atomic E-state index is 12.4. The van der Waals surface area contributed by atoms with Gasteiger partial charge in [0.25, 0.3) is 5.91 Å². The van der Waals surface area contributed by atoms with Crippen LogP contribution in [0.25, 0.3) is 5.57 Å². The Morgan fingerprint density at radius 3 is 1.89 bits per heavy atom. The van der Waals surface area contributed by atoms with Gasteiger partial charge in [0.1, 0.15) is 0 Å². The van der Waals surface area contributed by atoms with E-state index in [-0.39, 0.29) is 5.91 Å². The number of anilines is 1. The number of carbonyl (C=O) groups is 1. The average Bonchev–Trinajstić information content (AvgIpc) is 2.40. The van der Waals surface area contributed by atoms with E-state index >= 15 is 0 Å². The summed E-state index contributed by atoms with van der Waals surface area (Å²) < 4.78 is 0. The first-order chi connectivity index (χ1) is 9.18. The van der Waals surface area contributed by atoms with Crippen molar-refractivity contribution in [1.29, 1.82) is 0 Å². The number of hydrogen-bond acceptors (Lipinski definition) is 1. The highest BCUT2D eigenvalue weighted by molar-refractivity contribution is 6.25. The highest BCUT2D eigenvalue weighted by Crippen LogP contribution is 2.20. The van der Waals surface area contributed by atoms with E-state index in [1.165, 1.54) is 0 Å². The Balaban J connectivity index is 2.27. The van der Waals surface area contributed by atoms with Crippen LogP contribution in [0, 0.1) is 0 Å². The second kappa shape index (κ2) is 6.01. The van der Waals surface area contributed by atoms with Crippen molar-refractivity contribution < 1.29 is 4.79 Å². The fourth-order valence-electron chi connectivity index (χ4n) is 1.97. The van der Waals surface area contributed by atoms with E-state index in [0.29, 0.717) is 0 Å². The Hall–Kier alpha value is -2.35. The minimum Gasteiger partial charge on any atom is -0.322 e. The molecule has 0 saturated carbocycles. The van der Waals surface area contributed by atoms with Gasteiger partial charge in [0, 0.05) is 11.3 Å². The molecule has 2 aromatic carbocycles. The van der Waals surface area contributed by atoms with Crippen molar-refractivity contribution in [2.24, 2.45) is 0 Å². The molecule has 1 N–H and O–H groups in total. The molecule has 2 nitrogen and oxygen atoms in total. The molecule has 0 saturated heterocycles. The van der Waals surface area contributed by atoms with E-state index in [9.17, 15) is 4.79 Å². The summed E-state index contributed by atoms with van der Waals surface area (Å²) in [6, 6.07) is 19.2. The highest BCUT2D eigenvalue weighted by Gasteiger charge is 2.13. The Labute approximate surface area is 113 Å². The van der Waals surface area contributed by atoms with Crippen molar-refractivity contribution in [1.82, 2.24) is 0 Å². The molecule has 0 aromatic heterocycles. The maximum Gasteiger partial charge on any atom is 0.256 e. The van der Waals surface area contributed by atoms with Gasteiger partial charge in [0.2, 0.25) is 0 Å². The second-order valence-corrected chi connectivity index (χ2v) is 4.56. The standard InChI is InChI=1S/C17H17NO/c1-13(2)16(14-9-5-3-6-10-14)17(19)18-15-11-7-4-8-12-15/h3-12H,1-2H3,(H,18,19). The molecule has 2 aromatic rings. The van der Waals surface area contributed by atoms with Crippen LogP contribution in [0.3, 0.4) is 0 Å². The third kappa shape index (κ3) is 3.32. The van der Waals surface area contributed by atoms with Crippen LogP contribution in [0.5, 0.6) is 0 Å². The van der Waals surface area contributed by atoms with Crippen molar-refractivity contribution >= 4 is 17.2 Å². The highest BCUT2D eigenvalue weighted by atomic mass is 16.1. The summed E-state index contributed by atoms with van der Waals surface area (Å²) in [6.45, 7) is 3.90. The molecule has 0 bridgehead atoms. The summed E-state index contributed by atoms with van der Waals surface area (Å²) in [4.78, 5) is 12.4. The normalized spacial score (nSPS) is 9.79. The zero-order valence-corrected chi connectivity index (χ0v) is 11.2. The van der Waals surface area contributed by atoms with Crippen LogP contribution in [-0.4, -0.2) is 5.91 Å². The molecule has 0 fully saturated rings. The minimum atomic E-state index is -0.0719. The van der Waals surface area contributed by atoms with Crippen molar-refractivity contribution in [3.63, 3.8) is 0 Å². The smallest absolute Gasteiger partial charge is 0.256 e. The molecule has 2 rings (SSSR count). The first kappa shape index (κ1) is 13.1. The number of hydrogen-bond donors (Lipinski definition) is 1. The third-order valence-electron chi connectivity index (χ3n) is 2.82. The molecule has 0 aliphatic heterocycles. The van der Waals surface area contributed by atoms with Gasteiger partial charge in [-0.05, 0) is 31.5 Å². The van der Waals surface area contributed by atoms with Crippen LogP contribution in [0.15, 0.2) is 66.2 Å². The van der Waals surface area contributed by atoms with Gasteiger partial charge in [-0.2, -0.15) is 0 Å². The predicted octanol–water partition coefficient (Wildman–Crippen LogP) is 4.12. The van der Waals surface area contributed by atoms with Gasteiger partial charge in [0.05, 0.1) is 0 Å². The Bertz CT molecular complexity index is 581. The first-order valence-electron chi connectivity index (χ1n) is 6.28. The molecule has 0 heterocycles. The van der Waals surface area contributed by atoms with Crippen molar-refractivity contribution in [2.45, 2.75) is 13.8 Å². The van der Waals surface area contributed by atoms with Crippen LogP contribution in [-0.2, 0) is 4.79 Å². The van der Waals surface area contributed by atoms with E-state index in [1.807, 2.05) is 74.5 Å². The lowest BCUT2D eigenvalue weighted by Crippen LogP contribution is -2.14. The maximum absolute atomic E-state index is 12.4. The number of amides is 1. The van der Waals surface area contributed by atoms with Gasteiger partial charge >= 0.3 is 0 Å². The van der Waals surface area contributed by atoms with Crippen LogP contribution in [0.2, 0.25) is 0 Å². The third-order valence-corrected chi connectivity index (χ3v) is 2.82. The fourth-order valence-corrected chi connectivity index (χ4v) is 1.97. The number of para-hydroxylation sites is 1. The molecule has 1 amide bonds. The van der Waals surface area contributed by atoms with Crippen LogP contribution >= 0.6 is 0 Å². The summed E-state index contributed by atoms with van der Waals surface area (Å²) in [5.74, 6) is -0.0719. The van der Waals surface area contributed by atoms with Gasteiger partial charge in [0.15, 0.2) is 0 Å². The van der Waals surface area contributed by atoms with E-state index < -0.39 is 0 Å². The van der Waals surface area contributed by atoms with Gasteiger partial charge < -0.3 is 5.32 Å². The molecule has 19 heavy (non-hydrogen) atoms. The van der Waals surface area contributed by atoms with Crippen LogP contribution in [0.4, 0.5) is 5.69 Å². The SMILES string of the molecule is CC(C)=C(C(=O)Nc1ccccc1)c1ccccc1. The second-order valence-electron chi connectivity index (χ2n) is 4.56. The largest absolute Gasteiger partial charge is 0.322 e. The lowest BCUT2D eigenvalue weighted by molar-refractivity contribution is -0.111. The fraction of sp³-hybridized carbons (Fsp3) is 0.118. The van der Waals surface area contributed by atoms with E-state index in [2.05, 4.69) is 5.32 Å². The molecular weight excluding hydrogens is 234 g/mol. The van der Waals surface area contributed by atoms with E-state index in [1.54, 1.807) is 0 Å². The molecule has 0 radical (unpaired) electrons. The Morgan fingerprint density at radius 2 is 1.37 bits per heavy atom. The van der Waals surface area contributed by atoms with E-state index in [4.69, 9.17) is 0 Å². The number of carbonyl (C=O) groups excluding carboxylic acids is 1. The van der Waals surface area contributed by atoms with Gasteiger partial charge in [-0.15, -0.1) is 0 Å². The van der Waals surface area contributed by atoms with Crippen molar-refractivity contribution in [3.05, 3.63) is 71.8 Å². The summed E-state index contributed by atoms with van der Waals surface area (Å²) in [5, 5.41) is 2.93. The summed E-state index contributed by atoms with van der Waals surface area (Å²) in [6.07, 6.45) is 0. The van der Waals surface area contributed by atoms with Crippen molar-refractivity contribution in [3.8, 4) is 0 Å². The minimum absolute atomic E-state index is 0.0719. The molecule has 0 aliphatic carbocycles.